The fourth-order valence-corrected chi connectivity index (χ4v) is 3.59. The van der Waals surface area contributed by atoms with Gasteiger partial charge >= 0.3 is 0 Å². The highest BCUT2D eigenvalue weighted by atomic mass is 32.2. The van der Waals surface area contributed by atoms with Gasteiger partial charge in [-0.25, -0.2) is 18.4 Å². The molecule has 1 aromatic carbocycles. The van der Waals surface area contributed by atoms with Crippen molar-refractivity contribution in [2.75, 3.05) is 42.7 Å². The van der Waals surface area contributed by atoms with Gasteiger partial charge in [-0.15, -0.1) is 0 Å². The molecule has 0 amide bonds. The Balaban J connectivity index is 1.70. The summed E-state index contributed by atoms with van der Waals surface area (Å²) in [6, 6.07) is 9.71. The molecule has 0 bridgehead atoms. The zero-order chi connectivity index (χ0) is 17.9. The van der Waals surface area contributed by atoms with Crippen molar-refractivity contribution in [3.63, 3.8) is 0 Å². The van der Waals surface area contributed by atoms with Crippen LogP contribution in [0.1, 0.15) is 5.56 Å². The second-order valence-electron chi connectivity index (χ2n) is 5.94. The van der Waals surface area contributed by atoms with Crippen molar-refractivity contribution in [1.29, 1.82) is 0 Å². The predicted octanol–water partition coefficient (Wildman–Crippen LogP) is 0.761. The van der Waals surface area contributed by atoms with Crippen molar-refractivity contribution in [2.24, 2.45) is 5.73 Å². The number of piperazine rings is 1. The van der Waals surface area contributed by atoms with E-state index in [1.165, 1.54) is 16.9 Å². The van der Waals surface area contributed by atoms with E-state index in [1.807, 2.05) is 30.3 Å². The summed E-state index contributed by atoms with van der Waals surface area (Å²) in [6.07, 6.45) is 2.75. The summed E-state index contributed by atoms with van der Waals surface area (Å²) in [4.78, 5) is 10.6. The van der Waals surface area contributed by atoms with Crippen LogP contribution in [0.15, 0.2) is 36.7 Å². The molecule has 1 fully saturated rings. The summed E-state index contributed by atoms with van der Waals surface area (Å²) in [6.45, 7) is 2.61. The average molecular weight is 362 g/mol. The third-order valence-electron chi connectivity index (χ3n) is 4.12. The molecule has 134 valence electrons. The van der Waals surface area contributed by atoms with Gasteiger partial charge < -0.3 is 16.0 Å². The minimum atomic E-state index is -3.14. The zero-order valence-corrected chi connectivity index (χ0v) is 14.9. The van der Waals surface area contributed by atoms with Crippen molar-refractivity contribution in [1.82, 2.24) is 14.3 Å². The molecule has 25 heavy (non-hydrogen) atoms. The van der Waals surface area contributed by atoms with Crippen LogP contribution >= 0.6 is 0 Å². The number of rotatable bonds is 5. The summed E-state index contributed by atoms with van der Waals surface area (Å²) < 4.78 is 24.7. The molecule has 2 heterocycles. The quantitative estimate of drug-likeness (QED) is 0.809. The summed E-state index contributed by atoms with van der Waals surface area (Å²) in [5, 5.41) is 3.25. The number of sulfonamides is 1. The monoisotopic (exact) mass is 362 g/mol. The molecule has 0 aliphatic carbocycles. The van der Waals surface area contributed by atoms with Gasteiger partial charge in [0.2, 0.25) is 10.0 Å². The lowest BCUT2D eigenvalue weighted by atomic mass is 10.2. The molecule has 1 aliphatic heterocycles. The van der Waals surface area contributed by atoms with Gasteiger partial charge in [-0.05, 0) is 17.7 Å². The van der Waals surface area contributed by atoms with Crippen LogP contribution in [0.25, 0.3) is 0 Å². The minimum absolute atomic E-state index is 0.462. The largest absolute Gasteiger partial charge is 0.354 e. The van der Waals surface area contributed by atoms with Gasteiger partial charge in [0.1, 0.15) is 18.0 Å². The van der Waals surface area contributed by atoms with Crippen molar-refractivity contribution < 1.29 is 8.42 Å². The second kappa shape index (κ2) is 7.34. The molecule has 2 aromatic rings. The van der Waals surface area contributed by atoms with Crippen LogP contribution < -0.4 is 16.0 Å². The number of hydrogen-bond donors (Lipinski definition) is 2. The topological polar surface area (TPSA) is 104 Å². The first kappa shape index (κ1) is 17.6. The number of nitrogens with one attached hydrogen (secondary N) is 1. The summed E-state index contributed by atoms with van der Waals surface area (Å²) in [5.41, 5.74) is 7.62. The van der Waals surface area contributed by atoms with Crippen LogP contribution in [0, 0.1) is 0 Å². The Kier molecular flexibility index (Phi) is 5.16. The maximum atomic E-state index is 11.6. The van der Waals surface area contributed by atoms with Gasteiger partial charge in [0.25, 0.3) is 0 Å². The summed E-state index contributed by atoms with van der Waals surface area (Å²) >= 11 is 0. The number of nitrogens with two attached hydrogens (primary N) is 1. The molecule has 0 atom stereocenters. The Hall–Kier alpha value is -2.23. The van der Waals surface area contributed by atoms with Crippen LogP contribution in [0.5, 0.6) is 0 Å². The normalized spacial score (nSPS) is 16.0. The standard InChI is InChI=1S/C16H22N6O2S/c1-25(23,24)22-7-5-21(6-8-22)16-10-15(18-12-19-16)20-14-4-2-3-13(9-14)11-17/h2-4,9-10,12H,5-8,11,17H2,1H3,(H,18,19,20). The number of anilines is 3. The first-order valence-corrected chi connectivity index (χ1v) is 9.89. The Morgan fingerprint density at radius 2 is 1.92 bits per heavy atom. The molecule has 9 heteroatoms. The van der Waals surface area contributed by atoms with Gasteiger partial charge in [0.15, 0.2) is 0 Å². The molecule has 1 aliphatic rings. The SMILES string of the molecule is CS(=O)(=O)N1CCN(c2cc(Nc3cccc(CN)c3)ncn2)CC1. The average Bonchev–Trinajstić information content (AvgIpc) is 2.61. The van der Waals surface area contributed by atoms with E-state index in [0.717, 1.165) is 17.1 Å². The minimum Gasteiger partial charge on any atom is -0.354 e. The van der Waals surface area contributed by atoms with Crippen LogP contribution in [-0.2, 0) is 16.6 Å². The Bertz CT molecular complexity index is 834. The Morgan fingerprint density at radius 1 is 1.16 bits per heavy atom. The van der Waals surface area contributed by atoms with Crippen molar-refractivity contribution in [2.45, 2.75) is 6.54 Å². The smallest absolute Gasteiger partial charge is 0.211 e. The van der Waals surface area contributed by atoms with Crippen LogP contribution in [0.2, 0.25) is 0 Å². The molecule has 0 unspecified atom stereocenters. The fraction of sp³-hybridized carbons (Fsp3) is 0.375. The van der Waals surface area contributed by atoms with E-state index in [9.17, 15) is 8.42 Å². The van der Waals surface area contributed by atoms with E-state index >= 15 is 0 Å². The molecule has 1 aromatic heterocycles. The fourth-order valence-electron chi connectivity index (χ4n) is 2.76. The van der Waals surface area contributed by atoms with Crippen LogP contribution in [-0.4, -0.2) is 55.1 Å². The number of benzene rings is 1. The molecule has 0 radical (unpaired) electrons. The lowest BCUT2D eigenvalue weighted by Crippen LogP contribution is -2.48. The molecule has 0 spiro atoms. The third kappa shape index (κ3) is 4.44. The van der Waals surface area contributed by atoms with Gasteiger partial charge in [-0.3, -0.25) is 0 Å². The van der Waals surface area contributed by atoms with E-state index in [-0.39, 0.29) is 0 Å². The second-order valence-corrected chi connectivity index (χ2v) is 7.92. The zero-order valence-electron chi connectivity index (χ0n) is 14.1. The lowest BCUT2D eigenvalue weighted by molar-refractivity contribution is 0.387. The summed E-state index contributed by atoms with van der Waals surface area (Å²) in [7, 11) is -3.14. The van der Waals surface area contributed by atoms with Crippen molar-refractivity contribution in [3.8, 4) is 0 Å². The van der Waals surface area contributed by atoms with Crippen molar-refractivity contribution in [3.05, 3.63) is 42.2 Å². The molecule has 0 saturated carbocycles. The highest BCUT2D eigenvalue weighted by Gasteiger charge is 2.24. The predicted molar refractivity (Wildman–Crippen MR) is 98.3 cm³/mol. The highest BCUT2D eigenvalue weighted by Crippen LogP contribution is 2.20. The van der Waals surface area contributed by atoms with E-state index < -0.39 is 10.0 Å². The number of nitrogens with zero attached hydrogens (tertiary/aromatic N) is 4. The van der Waals surface area contributed by atoms with E-state index in [2.05, 4.69) is 20.2 Å². The number of hydrogen-bond acceptors (Lipinski definition) is 7. The van der Waals surface area contributed by atoms with Gasteiger partial charge in [-0.2, -0.15) is 4.31 Å². The Labute approximate surface area is 147 Å². The maximum absolute atomic E-state index is 11.6. The van der Waals surface area contributed by atoms with Crippen molar-refractivity contribution >= 4 is 27.3 Å². The van der Waals surface area contributed by atoms with Gasteiger partial charge in [0.05, 0.1) is 6.26 Å². The molecule has 3 N–H and O–H groups in total. The maximum Gasteiger partial charge on any atom is 0.211 e. The lowest BCUT2D eigenvalue weighted by Gasteiger charge is -2.33. The molecule has 8 nitrogen and oxygen atoms in total. The van der Waals surface area contributed by atoms with Gasteiger partial charge in [-0.1, -0.05) is 12.1 Å². The van der Waals surface area contributed by atoms with E-state index in [0.29, 0.717) is 38.5 Å². The molecular weight excluding hydrogens is 340 g/mol. The molecule has 3 rings (SSSR count). The van der Waals surface area contributed by atoms with E-state index in [4.69, 9.17) is 5.73 Å². The number of aromatic nitrogens is 2. The first-order valence-electron chi connectivity index (χ1n) is 8.04. The van der Waals surface area contributed by atoms with Crippen LogP contribution in [0.4, 0.5) is 17.3 Å². The van der Waals surface area contributed by atoms with E-state index in [1.54, 1.807) is 0 Å². The summed E-state index contributed by atoms with van der Waals surface area (Å²) in [5.74, 6) is 1.46. The van der Waals surface area contributed by atoms with Gasteiger partial charge in [0, 0.05) is 44.5 Å². The van der Waals surface area contributed by atoms with Crippen LogP contribution in [0.3, 0.4) is 0 Å². The first-order chi connectivity index (χ1) is 12.0. The third-order valence-corrected chi connectivity index (χ3v) is 5.42. The molecular formula is C16H22N6O2S. The Morgan fingerprint density at radius 3 is 2.60 bits per heavy atom. The molecule has 1 saturated heterocycles. The highest BCUT2D eigenvalue weighted by molar-refractivity contribution is 7.88.